The van der Waals surface area contributed by atoms with E-state index in [1.54, 1.807) is 4.52 Å². The molecule has 1 fully saturated rings. The van der Waals surface area contributed by atoms with Gasteiger partial charge in [0.2, 0.25) is 0 Å². The number of hydrogen-bond donors (Lipinski definition) is 1. The zero-order valence-corrected chi connectivity index (χ0v) is 15.4. The van der Waals surface area contributed by atoms with E-state index in [1.165, 1.54) is 0 Å². The molecule has 0 radical (unpaired) electrons. The maximum Gasteiger partial charge on any atom is 0.178 e. The van der Waals surface area contributed by atoms with E-state index in [0.29, 0.717) is 6.54 Å². The van der Waals surface area contributed by atoms with Crippen LogP contribution < -0.4 is 5.32 Å². The predicted molar refractivity (Wildman–Crippen MR) is 101 cm³/mol. The average molecular weight is 373 g/mol. The van der Waals surface area contributed by atoms with Crippen LogP contribution >= 0.6 is 11.6 Å². The lowest BCUT2D eigenvalue weighted by molar-refractivity contribution is 0.0187. The monoisotopic (exact) mass is 372 g/mol. The van der Waals surface area contributed by atoms with Crippen LogP contribution in [0.25, 0.3) is 5.65 Å². The summed E-state index contributed by atoms with van der Waals surface area (Å²) in [6, 6.07) is 12.0. The minimum atomic E-state index is 0.145. The van der Waals surface area contributed by atoms with Gasteiger partial charge in [-0.3, -0.25) is 4.90 Å². The van der Waals surface area contributed by atoms with Crippen molar-refractivity contribution >= 4 is 23.1 Å². The lowest BCUT2D eigenvalue weighted by atomic mass is 10.0. The second-order valence-corrected chi connectivity index (χ2v) is 6.71. The number of aryl methyl sites for hydroxylation is 1. The fourth-order valence-electron chi connectivity index (χ4n) is 3.26. The van der Waals surface area contributed by atoms with Crippen molar-refractivity contribution in [1.82, 2.24) is 24.7 Å². The van der Waals surface area contributed by atoms with Gasteiger partial charge in [0.05, 0.1) is 19.3 Å². The molecular weight excluding hydrogens is 352 g/mol. The van der Waals surface area contributed by atoms with E-state index in [0.717, 1.165) is 54.2 Å². The third-order valence-electron chi connectivity index (χ3n) is 4.65. The summed E-state index contributed by atoms with van der Waals surface area (Å²) in [5.74, 6) is 1.55. The highest BCUT2D eigenvalue weighted by Crippen LogP contribution is 2.28. The summed E-state index contributed by atoms with van der Waals surface area (Å²) < 4.78 is 7.24. The molecule has 0 saturated carbocycles. The normalized spacial score (nSPS) is 16.7. The largest absolute Gasteiger partial charge is 0.379 e. The van der Waals surface area contributed by atoms with Crippen LogP contribution in [0, 0.1) is 6.92 Å². The highest BCUT2D eigenvalue weighted by atomic mass is 35.5. The number of hydrogen-bond acceptors (Lipinski definition) is 6. The van der Waals surface area contributed by atoms with E-state index in [9.17, 15) is 0 Å². The van der Waals surface area contributed by atoms with E-state index in [2.05, 4.69) is 31.6 Å². The van der Waals surface area contributed by atoms with Crippen LogP contribution in [0.4, 0.5) is 5.82 Å². The van der Waals surface area contributed by atoms with Gasteiger partial charge in [-0.15, -0.1) is 15.3 Å². The van der Waals surface area contributed by atoms with Crippen molar-refractivity contribution in [1.29, 1.82) is 0 Å². The number of fused-ring (bicyclic) bond motifs is 1. The van der Waals surface area contributed by atoms with Crippen molar-refractivity contribution in [2.45, 2.75) is 13.0 Å². The molecule has 0 spiro atoms. The molecule has 26 heavy (non-hydrogen) atoms. The summed E-state index contributed by atoms with van der Waals surface area (Å²) in [7, 11) is 0. The quantitative estimate of drug-likeness (QED) is 0.742. The van der Waals surface area contributed by atoms with Gasteiger partial charge in [-0.25, -0.2) is 0 Å². The molecule has 1 aromatic carbocycles. The van der Waals surface area contributed by atoms with Crippen molar-refractivity contribution in [3.05, 3.63) is 52.8 Å². The van der Waals surface area contributed by atoms with Gasteiger partial charge < -0.3 is 10.1 Å². The Morgan fingerprint density at radius 2 is 1.96 bits per heavy atom. The Labute approximate surface area is 156 Å². The maximum atomic E-state index is 6.48. The van der Waals surface area contributed by atoms with Gasteiger partial charge in [0.25, 0.3) is 0 Å². The van der Waals surface area contributed by atoms with Gasteiger partial charge in [0, 0.05) is 24.7 Å². The fourth-order valence-corrected chi connectivity index (χ4v) is 3.52. The minimum Gasteiger partial charge on any atom is -0.379 e. The van der Waals surface area contributed by atoms with Crippen LogP contribution in [-0.4, -0.2) is 57.6 Å². The Bertz CT molecular complexity index is 892. The Kier molecular flexibility index (Phi) is 5.01. The van der Waals surface area contributed by atoms with Crippen molar-refractivity contribution in [2.75, 3.05) is 38.2 Å². The minimum absolute atomic E-state index is 0.145. The number of aromatic nitrogens is 4. The van der Waals surface area contributed by atoms with Crippen molar-refractivity contribution in [2.24, 2.45) is 0 Å². The Morgan fingerprint density at radius 3 is 2.77 bits per heavy atom. The summed E-state index contributed by atoms with van der Waals surface area (Å²) >= 11 is 6.48. The standard InChI is InChI=1S/C18H21ClN6O/c1-13-21-22-18-7-6-17(23-25(13)18)20-12-16(24-8-10-26-11-9-24)14-4-2-3-5-15(14)19/h2-7,16H,8-12H2,1H3,(H,20,23). The van der Waals surface area contributed by atoms with E-state index < -0.39 is 0 Å². The number of halogens is 1. The zero-order valence-electron chi connectivity index (χ0n) is 14.6. The van der Waals surface area contributed by atoms with Crippen LogP contribution in [0.5, 0.6) is 0 Å². The number of nitrogens with one attached hydrogen (secondary N) is 1. The molecule has 0 amide bonds. The second-order valence-electron chi connectivity index (χ2n) is 6.30. The highest BCUT2D eigenvalue weighted by Gasteiger charge is 2.24. The van der Waals surface area contributed by atoms with E-state index in [-0.39, 0.29) is 6.04 Å². The first-order chi connectivity index (χ1) is 12.7. The Hall–Kier alpha value is -2.22. The number of ether oxygens (including phenoxy) is 1. The first-order valence-electron chi connectivity index (χ1n) is 8.71. The summed E-state index contributed by atoms with van der Waals surface area (Å²) in [6.45, 7) is 5.83. The number of benzene rings is 1. The van der Waals surface area contributed by atoms with Crippen molar-refractivity contribution < 1.29 is 4.74 Å². The second kappa shape index (κ2) is 7.57. The molecule has 2 aromatic heterocycles. The van der Waals surface area contributed by atoms with Crippen LogP contribution in [-0.2, 0) is 4.74 Å². The molecule has 1 saturated heterocycles. The molecule has 136 valence electrons. The Morgan fingerprint density at radius 1 is 1.15 bits per heavy atom. The molecule has 0 aliphatic carbocycles. The van der Waals surface area contributed by atoms with Gasteiger partial charge in [-0.1, -0.05) is 29.8 Å². The lowest BCUT2D eigenvalue weighted by Crippen LogP contribution is -2.41. The molecule has 3 heterocycles. The molecule has 8 heteroatoms. The molecule has 1 aliphatic heterocycles. The maximum absolute atomic E-state index is 6.48. The van der Waals surface area contributed by atoms with E-state index in [1.807, 2.05) is 37.3 Å². The van der Waals surface area contributed by atoms with Gasteiger partial charge in [-0.2, -0.15) is 4.52 Å². The van der Waals surface area contributed by atoms with Crippen LogP contribution in [0.2, 0.25) is 5.02 Å². The molecule has 1 unspecified atom stereocenters. The topological polar surface area (TPSA) is 67.6 Å². The van der Waals surface area contributed by atoms with E-state index in [4.69, 9.17) is 16.3 Å². The number of nitrogens with zero attached hydrogens (tertiary/aromatic N) is 5. The number of anilines is 1. The first kappa shape index (κ1) is 17.2. The van der Waals surface area contributed by atoms with Crippen LogP contribution in [0.3, 0.4) is 0 Å². The fraction of sp³-hybridized carbons (Fsp3) is 0.389. The highest BCUT2D eigenvalue weighted by molar-refractivity contribution is 6.31. The number of rotatable bonds is 5. The third-order valence-corrected chi connectivity index (χ3v) is 4.99. The predicted octanol–water partition coefficient (Wildman–Crippen LogP) is 2.57. The molecule has 1 aliphatic rings. The SMILES string of the molecule is Cc1nnc2ccc(NCC(c3ccccc3Cl)N3CCOCC3)nn12. The van der Waals surface area contributed by atoms with Gasteiger partial charge in [0.1, 0.15) is 5.82 Å². The van der Waals surface area contributed by atoms with Crippen molar-refractivity contribution in [3.8, 4) is 0 Å². The number of morpholine rings is 1. The molecule has 3 aromatic rings. The molecule has 0 bridgehead atoms. The van der Waals surface area contributed by atoms with Crippen LogP contribution in [0.1, 0.15) is 17.4 Å². The zero-order chi connectivity index (χ0) is 17.9. The first-order valence-corrected chi connectivity index (χ1v) is 9.09. The van der Waals surface area contributed by atoms with Crippen molar-refractivity contribution in [3.63, 3.8) is 0 Å². The Balaban J connectivity index is 1.57. The third kappa shape index (κ3) is 3.51. The molecule has 7 nitrogen and oxygen atoms in total. The molecule has 1 N–H and O–H groups in total. The van der Waals surface area contributed by atoms with Gasteiger partial charge >= 0.3 is 0 Å². The van der Waals surface area contributed by atoms with E-state index >= 15 is 0 Å². The molecular formula is C18H21ClN6O. The lowest BCUT2D eigenvalue weighted by Gasteiger charge is -2.35. The summed E-state index contributed by atoms with van der Waals surface area (Å²) in [4.78, 5) is 2.40. The van der Waals surface area contributed by atoms with Gasteiger partial charge in [0.15, 0.2) is 11.5 Å². The molecule has 4 rings (SSSR count). The summed E-state index contributed by atoms with van der Waals surface area (Å²) in [5.41, 5.74) is 1.86. The average Bonchev–Trinajstić information content (AvgIpc) is 3.05. The van der Waals surface area contributed by atoms with Crippen LogP contribution in [0.15, 0.2) is 36.4 Å². The summed E-state index contributed by atoms with van der Waals surface area (Å²) in [5, 5.41) is 16.9. The summed E-state index contributed by atoms with van der Waals surface area (Å²) in [6.07, 6.45) is 0. The van der Waals surface area contributed by atoms with Gasteiger partial charge in [-0.05, 0) is 30.7 Å². The molecule has 1 atom stereocenters. The smallest absolute Gasteiger partial charge is 0.178 e.